The molecule has 0 aromatic heterocycles. The summed E-state index contributed by atoms with van der Waals surface area (Å²) in [5.41, 5.74) is -1.03. The number of hydrogen-bond donors (Lipinski definition) is 2. The summed E-state index contributed by atoms with van der Waals surface area (Å²) >= 11 is 0. The Hall–Kier alpha value is -3.30. The molecule has 1 aliphatic rings. The summed E-state index contributed by atoms with van der Waals surface area (Å²) in [7, 11) is 0. The SMILES string of the molecule is CC(=O)OCC(CN1CCNCCNCC1(CC(COC(C)=O)OC(C)=O)CC(COC(C)=O)OC(C)=O)OC(C)=O. The number of esters is 6. The summed E-state index contributed by atoms with van der Waals surface area (Å²) in [5, 5.41) is 6.67. The largest absolute Gasteiger partial charge is 0.462 e. The zero-order valence-corrected chi connectivity index (χ0v) is 25.4. The van der Waals surface area contributed by atoms with E-state index in [0.29, 0.717) is 26.2 Å². The van der Waals surface area contributed by atoms with Gasteiger partial charge in [-0.3, -0.25) is 33.7 Å². The average Bonchev–Trinajstić information content (AvgIpc) is 2.94. The van der Waals surface area contributed by atoms with Crippen molar-refractivity contribution in [3.63, 3.8) is 0 Å². The average molecular weight is 604 g/mol. The van der Waals surface area contributed by atoms with Crippen LogP contribution >= 0.6 is 0 Å². The number of carbonyl (C=O) groups excluding carboxylic acids is 6. The second kappa shape index (κ2) is 19.0. The van der Waals surface area contributed by atoms with Gasteiger partial charge in [0.1, 0.15) is 38.1 Å². The molecule has 1 saturated heterocycles. The Kier molecular flexibility index (Phi) is 16.6. The molecule has 0 radical (unpaired) electrons. The molecule has 0 amide bonds. The van der Waals surface area contributed by atoms with Gasteiger partial charge in [0.25, 0.3) is 0 Å². The van der Waals surface area contributed by atoms with Crippen molar-refractivity contribution in [1.82, 2.24) is 15.5 Å². The Bertz CT molecular complexity index is 888. The maximum Gasteiger partial charge on any atom is 0.303 e. The molecule has 1 fully saturated rings. The van der Waals surface area contributed by atoms with Gasteiger partial charge in [0.05, 0.1) is 0 Å². The fourth-order valence-electron chi connectivity index (χ4n) is 4.78. The van der Waals surface area contributed by atoms with Crippen molar-refractivity contribution in [3.05, 3.63) is 0 Å². The molecule has 0 aromatic carbocycles. The minimum Gasteiger partial charge on any atom is -0.462 e. The van der Waals surface area contributed by atoms with Gasteiger partial charge in [0, 0.05) is 99.2 Å². The van der Waals surface area contributed by atoms with Crippen LogP contribution in [0.3, 0.4) is 0 Å². The van der Waals surface area contributed by atoms with E-state index in [2.05, 4.69) is 10.6 Å². The topological polar surface area (TPSA) is 185 Å². The Balaban J connectivity index is 3.67. The molecule has 0 saturated carbocycles. The number of carbonyl (C=O) groups is 6. The Labute approximate surface area is 246 Å². The van der Waals surface area contributed by atoms with Gasteiger partial charge in [-0.15, -0.1) is 0 Å². The highest BCUT2D eigenvalue weighted by Crippen LogP contribution is 2.31. The molecule has 0 aromatic rings. The second-order valence-corrected chi connectivity index (χ2v) is 10.1. The summed E-state index contributed by atoms with van der Waals surface area (Å²) in [5.74, 6) is -3.48. The van der Waals surface area contributed by atoms with Crippen LogP contribution in [-0.2, 0) is 57.2 Å². The standard InChI is InChI=1S/C27H45N3O12/c1-18(31)37-14-24(40-21(4)34)11-27(12-25(41-22(5)35)15-38-19(2)32)17-29-8-7-28-9-10-30(27)13-26(42-23(6)36)16-39-20(3)33/h24-26,28-29H,7-17H2,1-6H3. The van der Waals surface area contributed by atoms with Gasteiger partial charge in [-0.1, -0.05) is 0 Å². The van der Waals surface area contributed by atoms with Crippen LogP contribution in [0.5, 0.6) is 0 Å². The number of hydrogen-bond acceptors (Lipinski definition) is 15. The zero-order valence-electron chi connectivity index (χ0n) is 25.4. The van der Waals surface area contributed by atoms with E-state index in [1.165, 1.54) is 41.5 Å². The van der Waals surface area contributed by atoms with E-state index >= 15 is 0 Å². The van der Waals surface area contributed by atoms with Gasteiger partial charge in [-0.2, -0.15) is 0 Å². The molecule has 2 N–H and O–H groups in total. The number of rotatable bonds is 15. The first-order chi connectivity index (χ1) is 19.7. The number of nitrogens with one attached hydrogen (secondary N) is 2. The summed E-state index contributed by atoms with van der Waals surface area (Å²) in [6.45, 7) is 9.07. The maximum absolute atomic E-state index is 12.1. The Morgan fingerprint density at radius 2 is 1.00 bits per heavy atom. The quantitative estimate of drug-likeness (QED) is 0.180. The lowest BCUT2D eigenvalue weighted by Crippen LogP contribution is -2.61. The Morgan fingerprint density at radius 3 is 1.43 bits per heavy atom. The van der Waals surface area contributed by atoms with E-state index in [0.717, 1.165) is 0 Å². The minimum absolute atomic E-state index is 0.0664. The van der Waals surface area contributed by atoms with Gasteiger partial charge >= 0.3 is 35.8 Å². The fourth-order valence-corrected chi connectivity index (χ4v) is 4.78. The maximum atomic E-state index is 12.1. The lowest BCUT2D eigenvalue weighted by molar-refractivity contribution is -0.166. The lowest BCUT2D eigenvalue weighted by atomic mass is 9.83. The number of nitrogens with zero attached hydrogens (tertiary/aromatic N) is 1. The van der Waals surface area contributed by atoms with Crippen LogP contribution in [-0.4, -0.2) is 124 Å². The molecule has 15 nitrogen and oxygen atoms in total. The monoisotopic (exact) mass is 603 g/mol. The van der Waals surface area contributed by atoms with Crippen LogP contribution in [0.25, 0.3) is 0 Å². The van der Waals surface area contributed by atoms with Crippen molar-refractivity contribution in [3.8, 4) is 0 Å². The van der Waals surface area contributed by atoms with E-state index in [-0.39, 0.29) is 45.8 Å². The third-order valence-corrected chi connectivity index (χ3v) is 6.22. The van der Waals surface area contributed by atoms with Crippen LogP contribution in [0.2, 0.25) is 0 Å². The molecule has 42 heavy (non-hydrogen) atoms. The summed E-state index contributed by atoms with van der Waals surface area (Å²) in [4.78, 5) is 72.9. The number of ether oxygens (including phenoxy) is 6. The molecule has 0 aliphatic carbocycles. The Morgan fingerprint density at radius 1 is 0.595 bits per heavy atom. The van der Waals surface area contributed by atoms with E-state index in [9.17, 15) is 28.8 Å². The molecule has 0 spiro atoms. The molecule has 15 heteroatoms. The molecular formula is C27H45N3O12. The van der Waals surface area contributed by atoms with Crippen LogP contribution in [0.1, 0.15) is 54.4 Å². The van der Waals surface area contributed by atoms with Gasteiger partial charge in [0.15, 0.2) is 0 Å². The van der Waals surface area contributed by atoms with E-state index in [1.807, 2.05) is 4.90 Å². The fraction of sp³-hybridized carbons (Fsp3) is 0.778. The van der Waals surface area contributed by atoms with E-state index < -0.39 is 59.7 Å². The van der Waals surface area contributed by atoms with Gasteiger partial charge in [-0.05, 0) is 0 Å². The molecule has 1 heterocycles. The van der Waals surface area contributed by atoms with Crippen molar-refractivity contribution < 1.29 is 57.2 Å². The third-order valence-electron chi connectivity index (χ3n) is 6.22. The molecular weight excluding hydrogens is 558 g/mol. The van der Waals surface area contributed by atoms with Gasteiger partial charge in [0.2, 0.25) is 0 Å². The highest BCUT2D eigenvalue weighted by molar-refractivity contribution is 5.68. The molecule has 1 aliphatic heterocycles. The van der Waals surface area contributed by atoms with Crippen LogP contribution < -0.4 is 10.6 Å². The first-order valence-corrected chi connectivity index (χ1v) is 13.8. The van der Waals surface area contributed by atoms with Crippen molar-refractivity contribution in [2.75, 3.05) is 59.1 Å². The summed E-state index contributed by atoms with van der Waals surface area (Å²) in [6.07, 6.45) is -2.57. The predicted molar refractivity (Wildman–Crippen MR) is 146 cm³/mol. The predicted octanol–water partition coefficient (Wildman–Crippen LogP) is -0.515. The zero-order chi connectivity index (χ0) is 31.7. The lowest BCUT2D eigenvalue weighted by Gasteiger charge is -2.47. The molecule has 0 bridgehead atoms. The van der Waals surface area contributed by atoms with Crippen molar-refractivity contribution in [2.24, 2.45) is 0 Å². The first kappa shape index (κ1) is 36.7. The van der Waals surface area contributed by atoms with Crippen LogP contribution in [0.4, 0.5) is 0 Å². The van der Waals surface area contributed by atoms with Gasteiger partial charge in [-0.25, -0.2) is 0 Å². The second-order valence-electron chi connectivity index (χ2n) is 10.1. The molecule has 3 atom stereocenters. The summed E-state index contributed by atoms with van der Waals surface area (Å²) in [6, 6.07) is 0. The normalized spacial score (nSPS) is 19.9. The highest BCUT2D eigenvalue weighted by Gasteiger charge is 2.44. The molecule has 1 rings (SSSR count). The highest BCUT2D eigenvalue weighted by atomic mass is 16.6. The molecule has 240 valence electrons. The van der Waals surface area contributed by atoms with Crippen LogP contribution in [0, 0.1) is 0 Å². The van der Waals surface area contributed by atoms with Gasteiger partial charge < -0.3 is 39.1 Å². The summed E-state index contributed by atoms with van der Waals surface area (Å²) < 4.78 is 32.2. The van der Waals surface area contributed by atoms with E-state index in [4.69, 9.17) is 28.4 Å². The third kappa shape index (κ3) is 15.6. The van der Waals surface area contributed by atoms with E-state index in [1.54, 1.807) is 0 Å². The van der Waals surface area contributed by atoms with Crippen molar-refractivity contribution in [1.29, 1.82) is 0 Å². The first-order valence-electron chi connectivity index (χ1n) is 13.8. The van der Waals surface area contributed by atoms with Crippen molar-refractivity contribution >= 4 is 35.8 Å². The minimum atomic E-state index is -1.03. The molecule has 3 unspecified atom stereocenters. The smallest absolute Gasteiger partial charge is 0.303 e. The van der Waals surface area contributed by atoms with Crippen LogP contribution in [0.15, 0.2) is 0 Å². The van der Waals surface area contributed by atoms with Crippen molar-refractivity contribution in [2.45, 2.75) is 78.2 Å².